The van der Waals surface area contributed by atoms with Crippen LogP contribution in [0.15, 0.2) is 146 Å². The Bertz CT molecular complexity index is 3570. The van der Waals surface area contributed by atoms with Crippen LogP contribution in [0.3, 0.4) is 0 Å². The fraction of sp³-hybridized carbons (Fsp3) is 0.111. The molecule has 0 spiro atoms. The van der Waals surface area contributed by atoms with Crippen LogP contribution in [0.1, 0.15) is 34.4 Å². The summed E-state index contributed by atoms with van der Waals surface area (Å²) >= 11 is 0. The Balaban J connectivity index is 1.15. The molecule has 298 valence electrons. The third-order valence-corrected chi connectivity index (χ3v) is 11.9. The maximum absolute atomic E-state index is 4.94. The number of aromatic nitrogens is 8. The van der Waals surface area contributed by atoms with Crippen LogP contribution in [0.25, 0.3) is 100 Å². The SMILES string of the molecule is Cc1ccc2c(c1)c1ccccc1n2-c1ccc(-c2cccc(-c3cccc(-c4nc(C)nc(C)n4)c3-n3c4ccccc4c4cc(C)ccc43)c2)cc1-c1nc(C)nc(C)n1. The van der Waals surface area contributed by atoms with Gasteiger partial charge in [-0.3, -0.25) is 0 Å². The summed E-state index contributed by atoms with van der Waals surface area (Å²) in [6.07, 6.45) is 0. The van der Waals surface area contributed by atoms with E-state index < -0.39 is 0 Å². The highest BCUT2D eigenvalue weighted by molar-refractivity contribution is 6.11. The zero-order valence-corrected chi connectivity index (χ0v) is 35.4. The van der Waals surface area contributed by atoms with Crippen molar-refractivity contribution in [3.05, 3.63) is 180 Å². The van der Waals surface area contributed by atoms with Crippen molar-refractivity contribution in [1.82, 2.24) is 39.0 Å². The molecular weight excluding hydrogens is 761 g/mol. The van der Waals surface area contributed by atoms with Gasteiger partial charge in [0.1, 0.15) is 23.3 Å². The van der Waals surface area contributed by atoms with Crippen molar-refractivity contribution < 1.29 is 0 Å². The van der Waals surface area contributed by atoms with E-state index in [1.54, 1.807) is 0 Å². The smallest absolute Gasteiger partial charge is 0.165 e. The summed E-state index contributed by atoms with van der Waals surface area (Å²) in [4.78, 5) is 28.8. The molecular formula is C54H42N8. The summed E-state index contributed by atoms with van der Waals surface area (Å²) in [6.45, 7) is 12.0. The second kappa shape index (κ2) is 14.4. The van der Waals surface area contributed by atoms with E-state index in [4.69, 9.17) is 19.9 Å². The number of hydrogen-bond acceptors (Lipinski definition) is 6. The molecule has 8 heteroatoms. The van der Waals surface area contributed by atoms with Gasteiger partial charge in [0, 0.05) is 38.2 Å². The second-order valence-corrected chi connectivity index (χ2v) is 16.3. The van der Waals surface area contributed by atoms with E-state index >= 15 is 0 Å². The van der Waals surface area contributed by atoms with Gasteiger partial charge in [0.25, 0.3) is 0 Å². The molecule has 0 radical (unpaired) electrons. The lowest BCUT2D eigenvalue weighted by Crippen LogP contribution is -2.05. The number of fused-ring (bicyclic) bond motifs is 6. The summed E-state index contributed by atoms with van der Waals surface area (Å²) in [5.41, 5.74) is 15.0. The molecule has 0 aliphatic carbocycles. The molecule has 11 rings (SSSR count). The van der Waals surface area contributed by atoms with Crippen molar-refractivity contribution in [2.45, 2.75) is 41.5 Å². The predicted octanol–water partition coefficient (Wildman–Crippen LogP) is 12.8. The lowest BCUT2D eigenvalue weighted by Gasteiger charge is -2.19. The van der Waals surface area contributed by atoms with Crippen LogP contribution in [0, 0.1) is 41.5 Å². The van der Waals surface area contributed by atoms with Gasteiger partial charge < -0.3 is 9.13 Å². The Hall–Kier alpha value is -7.84. The minimum absolute atomic E-state index is 0.639. The zero-order chi connectivity index (χ0) is 42.2. The number of aryl methyl sites for hydroxylation is 6. The summed E-state index contributed by atoms with van der Waals surface area (Å²) in [5.74, 6) is 4.01. The first kappa shape index (κ1) is 37.2. The number of hydrogen-bond donors (Lipinski definition) is 0. The molecule has 0 N–H and O–H groups in total. The highest BCUT2D eigenvalue weighted by Crippen LogP contribution is 2.43. The van der Waals surface area contributed by atoms with Gasteiger partial charge in [-0.15, -0.1) is 0 Å². The highest BCUT2D eigenvalue weighted by atomic mass is 15.1. The Morgan fingerprint density at radius 2 is 0.806 bits per heavy atom. The summed E-state index contributed by atoms with van der Waals surface area (Å²) < 4.78 is 4.74. The van der Waals surface area contributed by atoms with Gasteiger partial charge in [-0.1, -0.05) is 96.1 Å². The number of nitrogens with zero attached hydrogens (tertiary/aromatic N) is 8. The van der Waals surface area contributed by atoms with E-state index in [2.05, 4.69) is 179 Å². The lowest BCUT2D eigenvalue weighted by atomic mass is 9.94. The third-order valence-electron chi connectivity index (χ3n) is 11.9. The molecule has 7 aromatic carbocycles. The molecule has 0 atom stereocenters. The van der Waals surface area contributed by atoms with Crippen molar-refractivity contribution >= 4 is 43.6 Å². The van der Waals surface area contributed by atoms with Gasteiger partial charge in [-0.25, -0.2) is 29.9 Å². The standard InChI is InChI=1S/C54H42N8/c1-31-21-24-49-44(27-31)41-15-7-9-19-47(41)61(49)51-26-23-38(30-46(51)54-59-35(5)56-36(6)60-54)37-13-11-14-39(29-37)40-17-12-18-43(53-57-33(3)55-34(4)58-53)52(40)62-48-20-10-8-16-42(48)45-28-32(2)22-25-50(45)62/h7-30H,1-6H3. The van der Waals surface area contributed by atoms with Crippen LogP contribution in [0.5, 0.6) is 0 Å². The molecule has 0 fully saturated rings. The van der Waals surface area contributed by atoms with Gasteiger partial charge in [0.05, 0.1) is 33.4 Å². The van der Waals surface area contributed by atoms with E-state index in [1.807, 2.05) is 27.7 Å². The monoisotopic (exact) mass is 802 g/mol. The van der Waals surface area contributed by atoms with E-state index in [-0.39, 0.29) is 0 Å². The minimum Gasteiger partial charge on any atom is -0.309 e. The molecule has 4 aromatic heterocycles. The van der Waals surface area contributed by atoms with Crippen LogP contribution in [0.2, 0.25) is 0 Å². The molecule has 11 aromatic rings. The molecule has 8 nitrogen and oxygen atoms in total. The summed E-state index contributed by atoms with van der Waals surface area (Å²) in [5, 5.41) is 4.81. The van der Waals surface area contributed by atoms with E-state index in [0.717, 1.165) is 66.8 Å². The Kier molecular flexibility index (Phi) is 8.65. The predicted molar refractivity (Wildman–Crippen MR) is 252 cm³/mol. The normalized spacial score (nSPS) is 11.7. The lowest BCUT2D eigenvalue weighted by molar-refractivity contribution is 0.926. The molecule has 0 amide bonds. The quantitative estimate of drug-likeness (QED) is 0.166. The number of benzene rings is 7. The van der Waals surface area contributed by atoms with Gasteiger partial charge in [-0.05, 0) is 119 Å². The maximum atomic E-state index is 4.94. The molecule has 0 bridgehead atoms. The summed E-state index contributed by atoms with van der Waals surface area (Å²) in [6, 6.07) is 52.6. The van der Waals surface area contributed by atoms with Crippen molar-refractivity contribution in [2.24, 2.45) is 0 Å². The maximum Gasteiger partial charge on any atom is 0.165 e. The fourth-order valence-electron chi connectivity index (χ4n) is 9.30. The van der Waals surface area contributed by atoms with Crippen LogP contribution < -0.4 is 0 Å². The first-order valence-electron chi connectivity index (χ1n) is 21.0. The van der Waals surface area contributed by atoms with E-state index in [1.165, 1.54) is 32.7 Å². The molecule has 0 aliphatic heterocycles. The van der Waals surface area contributed by atoms with Gasteiger partial charge in [0.2, 0.25) is 0 Å². The zero-order valence-electron chi connectivity index (χ0n) is 35.4. The molecule has 0 saturated carbocycles. The first-order valence-corrected chi connectivity index (χ1v) is 21.0. The van der Waals surface area contributed by atoms with Gasteiger partial charge in [-0.2, -0.15) is 0 Å². The van der Waals surface area contributed by atoms with Crippen molar-refractivity contribution in [3.8, 4) is 56.4 Å². The topological polar surface area (TPSA) is 87.2 Å². The molecule has 62 heavy (non-hydrogen) atoms. The Morgan fingerprint density at radius 3 is 1.44 bits per heavy atom. The minimum atomic E-state index is 0.639. The number of para-hydroxylation sites is 3. The van der Waals surface area contributed by atoms with Crippen LogP contribution in [0.4, 0.5) is 0 Å². The largest absolute Gasteiger partial charge is 0.309 e. The van der Waals surface area contributed by atoms with Crippen LogP contribution in [-0.4, -0.2) is 39.0 Å². The molecule has 0 aliphatic rings. The highest BCUT2D eigenvalue weighted by Gasteiger charge is 2.23. The van der Waals surface area contributed by atoms with Crippen LogP contribution >= 0.6 is 0 Å². The van der Waals surface area contributed by atoms with E-state index in [0.29, 0.717) is 34.9 Å². The summed E-state index contributed by atoms with van der Waals surface area (Å²) in [7, 11) is 0. The number of rotatable bonds is 6. The second-order valence-electron chi connectivity index (χ2n) is 16.3. The van der Waals surface area contributed by atoms with Crippen molar-refractivity contribution in [3.63, 3.8) is 0 Å². The fourth-order valence-corrected chi connectivity index (χ4v) is 9.30. The molecule has 0 unspecified atom stereocenters. The van der Waals surface area contributed by atoms with Crippen molar-refractivity contribution in [1.29, 1.82) is 0 Å². The molecule has 0 saturated heterocycles. The average Bonchev–Trinajstić information content (AvgIpc) is 3.77. The van der Waals surface area contributed by atoms with Crippen molar-refractivity contribution in [2.75, 3.05) is 0 Å². The van der Waals surface area contributed by atoms with Gasteiger partial charge in [0.15, 0.2) is 11.6 Å². The Morgan fingerprint density at radius 1 is 0.323 bits per heavy atom. The first-order chi connectivity index (χ1) is 30.2. The van der Waals surface area contributed by atoms with Gasteiger partial charge >= 0.3 is 0 Å². The molecule has 4 heterocycles. The van der Waals surface area contributed by atoms with E-state index in [9.17, 15) is 0 Å². The average molecular weight is 803 g/mol. The van der Waals surface area contributed by atoms with Crippen LogP contribution in [-0.2, 0) is 0 Å². The Labute approximate surface area is 359 Å². The third kappa shape index (κ3) is 6.14.